The van der Waals surface area contributed by atoms with Crippen LogP contribution in [0.5, 0.6) is 0 Å². The number of hydrogen-bond acceptors (Lipinski definition) is 2. The summed E-state index contributed by atoms with van der Waals surface area (Å²) in [7, 11) is 0. The number of rotatable bonds is 5. The predicted molar refractivity (Wildman–Crippen MR) is 79.4 cm³/mol. The summed E-state index contributed by atoms with van der Waals surface area (Å²) in [5.74, 6) is -2.74. The Labute approximate surface area is 127 Å². The van der Waals surface area contributed by atoms with Crippen molar-refractivity contribution in [1.29, 1.82) is 0 Å². The van der Waals surface area contributed by atoms with Gasteiger partial charge in [0.05, 0.1) is 12.1 Å². The number of aliphatic hydroxyl groups is 1. The second-order valence-corrected chi connectivity index (χ2v) is 5.12. The molecule has 1 amide bonds. The Morgan fingerprint density at radius 2 is 1.68 bits per heavy atom. The summed E-state index contributed by atoms with van der Waals surface area (Å²) in [6, 6.07) is 11.8. The molecule has 0 spiro atoms. The molecule has 0 radical (unpaired) electrons. The molecule has 0 aromatic heterocycles. The van der Waals surface area contributed by atoms with E-state index in [1.54, 1.807) is 6.92 Å². The van der Waals surface area contributed by atoms with E-state index < -0.39 is 35.3 Å². The maximum Gasteiger partial charge on any atom is 0.257 e. The molecule has 2 aromatic rings. The topological polar surface area (TPSA) is 49.3 Å². The third-order valence-corrected chi connectivity index (χ3v) is 3.41. The Hall–Kier alpha value is -2.27. The van der Waals surface area contributed by atoms with Crippen LogP contribution in [-0.4, -0.2) is 23.2 Å². The third-order valence-electron chi connectivity index (χ3n) is 3.41. The zero-order chi connectivity index (χ0) is 16.1. The van der Waals surface area contributed by atoms with Gasteiger partial charge in [0, 0.05) is 6.42 Å². The predicted octanol–water partition coefficient (Wildman–Crippen LogP) is 2.69. The average Bonchev–Trinajstić information content (AvgIpc) is 2.48. The molecule has 0 saturated heterocycles. The third kappa shape index (κ3) is 3.89. The lowest BCUT2D eigenvalue weighted by molar-refractivity contribution is 0.0843. The van der Waals surface area contributed by atoms with E-state index in [1.807, 2.05) is 30.3 Å². The van der Waals surface area contributed by atoms with Gasteiger partial charge in [-0.3, -0.25) is 4.79 Å². The first-order chi connectivity index (χ1) is 10.5. The fourth-order valence-electron chi connectivity index (χ4n) is 2.12. The zero-order valence-electron chi connectivity index (χ0n) is 12.1. The molecule has 0 bridgehead atoms. The summed E-state index contributed by atoms with van der Waals surface area (Å²) in [5, 5.41) is 12.5. The minimum Gasteiger partial charge on any atom is -0.391 e. The Kier molecular flexibility index (Phi) is 5.22. The Bertz CT molecular complexity index is 626. The van der Waals surface area contributed by atoms with Gasteiger partial charge < -0.3 is 10.4 Å². The Morgan fingerprint density at radius 1 is 1.09 bits per heavy atom. The molecule has 2 rings (SSSR count). The molecule has 0 aliphatic heterocycles. The minimum absolute atomic E-state index is 0.335. The minimum atomic E-state index is -0.928. The van der Waals surface area contributed by atoms with Crippen LogP contribution in [0.2, 0.25) is 0 Å². The van der Waals surface area contributed by atoms with Crippen LogP contribution in [0.3, 0.4) is 0 Å². The smallest absolute Gasteiger partial charge is 0.257 e. The molecule has 0 aliphatic rings. The average molecular weight is 305 g/mol. The number of benzene rings is 2. The van der Waals surface area contributed by atoms with Crippen molar-refractivity contribution in [3.05, 3.63) is 71.3 Å². The van der Waals surface area contributed by atoms with Gasteiger partial charge >= 0.3 is 0 Å². The second kappa shape index (κ2) is 7.13. The summed E-state index contributed by atoms with van der Waals surface area (Å²) < 4.78 is 27.1. The molecule has 22 heavy (non-hydrogen) atoms. The first-order valence-corrected chi connectivity index (χ1v) is 6.96. The molecule has 0 heterocycles. The van der Waals surface area contributed by atoms with Gasteiger partial charge in [0.1, 0.15) is 17.2 Å². The number of carbonyl (C=O) groups excluding carboxylic acids is 1. The van der Waals surface area contributed by atoms with Crippen LogP contribution in [0.15, 0.2) is 48.5 Å². The van der Waals surface area contributed by atoms with Crippen molar-refractivity contribution in [3.8, 4) is 0 Å². The standard InChI is InChI=1S/C17H17F2NO2/c1-11(15(21)10-12-6-3-2-4-7-12)20-17(22)16-13(18)8-5-9-14(16)19/h2-9,11,15,21H,10H2,1H3,(H,20,22). The number of amides is 1. The van der Waals surface area contributed by atoms with E-state index in [1.165, 1.54) is 6.07 Å². The van der Waals surface area contributed by atoms with Crippen LogP contribution >= 0.6 is 0 Å². The van der Waals surface area contributed by atoms with Crippen LogP contribution < -0.4 is 5.32 Å². The van der Waals surface area contributed by atoms with Crippen LogP contribution in [0.25, 0.3) is 0 Å². The Morgan fingerprint density at radius 3 is 2.27 bits per heavy atom. The van der Waals surface area contributed by atoms with E-state index in [-0.39, 0.29) is 0 Å². The highest BCUT2D eigenvalue weighted by Crippen LogP contribution is 2.13. The lowest BCUT2D eigenvalue weighted by Gasteiger charge is -2.20. The van der Waals surface area contributed by atoms with E-state index in [9.17, 15) is 18.7 Å². The molecule has 2 atom stereocenters. The highest BCUT2D eigenvalue weighted by atomic mass is 19.1. The molecule has 0 saturated carbocycles. The number of nitrogens with one attached hydrogen (secondary N) is 1. The summed E-state index contributed by atoms with van der Waals surface area (Å²) in [4.78, 5) is 12.0. The van der Waals surface area contributed by atoms with Crippen LogP contribution in [0.1, 0.15) is 22.8 Å². The van der Waals surface area contributed by atoms with E-state index in [0.717, 1.165) is 17.7 Å². The van der Waals surface area contributed by atoms with Gasteiger partial charge in [-0.15, -0.1) is 0 Å². The van der Waals surface area contributed by atoms with Crippen molar-refractivity contribution >= 4 is 5.91 Å². The fraction of sp³-hybridized carbons (Fsp3) is 0.235. The first-order valence-electron chi connectivity index (χ1n) is 6.96. The molecule has 2 N–H and O–H groups in total. The summed E-state index contributed by atoms with van der Waals surface area (Å²) in [6.45, 7) is 1.59. The van der Waals surface area contributed by atoms with Crippen molar-refractivity contribution in [2.45, 2.75) is 25.5 Å². The van der Waals surface area contributed by atoms with E-state index in [2.05, 4.69) is 5.32 Å². The summed E-state index contributed by atoms with van der Waals surface area (Å²) in [5.41, 5.74) is 0.273. The molecular formula is C17H17F2NO2. The first kappa shape index (κ1) is 16.1. The number of halogens is 2. The molecule has 5 heteroatoms. The molecule has 3 nitrogen and oxygen atoms in total. The lowest BCUT2D eigenvalue weighted by atomic mass is 10.0. The monoisotopic (exact) mass is 305 g/mol. The van der Waals surface area contributed by atoms with Gasteiger partial charge in [0.15, 0.2) is 0 Å². The molecule has 2 unspecified atom stereocenters. The zero-order valence-corrected chi connectivity index (χ0v) is 12.1. The molecule has 116 valence electrons. The van der Waals surface area contributed by atoms with E-state index in [4.69, 9.17) is 0 Å². The van der Waals surface area contributed by atoms with Crippen molar-refractivity contribution in [1.82, 2.24) is 5.32 Å². The van der Waals surface area contributed by atoms with Crippen molar-refractivity contribution in [2.75, 3.05) is 0 Å². The van der Waals surface area contributed by atoms with Gasteiger partial charge in [-0.2, -0.15) is 0 Å². The molecule has 0 fully saturated rings. The second-order valence-electron chi connectivity index (χ2n) is 5.12. The molecular weight excluding hydrogens is 288 g/mol. The summed E-state index contributed by atoms with van der Waals surface area (Å²) >= 11 is 0. The molecule has 2 aromatic carbocycles. The summed E-state index contributed by atoms with van der Waals surface area (Å²) in [6.07, 6.45) is -0.525. The van der Waals surface area contributed by atoms with Crippen molar-refractivity contribution < 1.29 is 18.7 Å². The largest absolute Gasteiger partial charge is 0.391 e. The van der Waals surface area contributed by atoms with Gasteiger partial charge in [-0.25, -0.2) is 8.78 Å². The molecule has 0 aliphatic carbocycles. The quantitative estimate of drug-likeness (QED) is 0.892. The SMILES string of the molecule is CC(NC(=O)c1c(F)cccc1F)C(O)Cc1ccccc1. The Balaban J connectivity index is 2.02. The van der Waals surface area contributed by atoms with Crippen LogP contribution in [-0.2, 0) is 6.42 Å². The lowest BCUT2D eigenvalue weighted by Crippen LogP contribution is -2.42. The maximum atomic E-state index is 13.5. The van der Waals surface area contributed by atoms with Gasteiger partial charge in [-0.05, 0) is 24.6 Å². The van der Waals surface area contributed by atoms with Crippen LogP contribution in [0.4, 0.5) is 8.78 Å². The van der Waals surface area contributed by atoms with E-state index in [0.29, 0.717) is 6.42 Å². The van der Waals surface area contributed by atoms with Crippen molar-refractivity contribution in [3.63, 3.8) is 0 Å². The maximum absolute atomic E-state index is 13.5. The van der Waals surface area contributed by atoms with Crippen molar-refractivity contribution in [2.24, 2.45) is 0 Å². The highest BCUT2D eigenvalue weighted by Gasteiger charge is 2.22. The highest BCUT2D eigenvalue weighted by molar-refractivity contribution is 5.94. The van der Waals surface area contributed by atoms with E-state index >= 15 is 0 Å². The van der Waals surface area contributed by atoms with Gasteiger partial charge in [0.25, 0.3) is 5.91 Å². The normalized spacial score (nSPS) is 13.5. The van der Waals surface area contributed by atoms with Gasteiger partial charge in [0.2, 0.25) is 0 Å². The van der Waals surface area contributed by atoms with Crippen LogP contribution in [0, 0.1) is 11.6 Å². The number of carbonyl (C=O) groups is 1. The van der Waals surface area contributed by atoms with Gasteiger partial charge in [-0.1, -0.05) is 36.4 Å². The number of aliphatic hydroxyl groups excluding tert-OH is 1. The number of hydrogen-bond donors (Lipinski definition) is 2. The fourth-order valence-corrected chi connectivity index (χ4v) is 2.12.